The van der Waals surface area contributed by atoms with Gasteiger partial charge in [-0.05, 0) is 60.9 Å². The summed E-state index contributed by atoms with van der Waals surface area (Å²) in [6.45, 7) is 3.67. The summed E-state index contributed by atoms with van der Waals surface area (Å²) in [5, 5.41) is 0. The number of ketones is 1. The van der Waals surface area contributed by atoms with E-state index >= 15 is 0 Å². The first-order valence-corrected chi connectivity index (χ1v) is 10.4. The molecule has 1 atom stereocenters. The first kappa shape index (κ1) is 24.1. The zero-order valence-corrected chi connectivity index (χ0v) is 20.0. The van der Waals surface area contributed by atoms with E-state index in [1.165, 1.54) is 18.2 Å². The SMILES string of the molecule is Cc1cc(C)cc(OP(=O)([O-])Oc2ccccc2C(=O)C=Cc2ccccc2)c1.[Na+]. The monoisotopic (exact) mass is 430 g/mol. The van der Waals surface area contributed by atoms with Crippen molar-refractivity contribution in [2.45, 2.75) is 13.8 Å². The van der Waals surface area contributed by atoms with Crippen LogP contribution in [0, 0.1) is 13.8 Å². The van der Waals surface area contributed by atoms with E-state index in [0.717, 1.165) is 16.7 Å². The Kier molecular flexibility index (Phi) is 8.65. The van der Waals surface area contributed by atoms with Gasteiger partial charge in [-0.1, -0.05) is 54.6 Å². The van der Waals surface area contributed by atoms with Crippen molar-refractivity contribution in [2.75, 3.05) is 0 Å². The zero-order chi connectivity index (χ0) is 20.9. The predicted molar refractivity (Wildman–Crippen MR) is 111 cm³/mol. The molecule has 148 valence electrons. The first-order chi connectivity index (χ1) is 13.8. The number of carbonyl (C=O) groups is 1. The largest absolute Gasteiger partial charge is 1.00 e. The van der Waals surface area contributed by atoms with E-state index < -0.39 is 7.82 Å². The fourth-order valence-electron chi connectivity index (χ4n) is 2.83. The van der Waals surface area contributed by atoms with Crippen LogP contribution in [0.1, 0.15) is 27.0 Å². The molecule has 0 saturated heterocycles. The maximum absolute atomic E-state index is 12.6. The van der Waals surface area contributed by atoms with E-state index in [9.17, 15) is 14.3 Å². The van der Waals surface area contributed by atoms with Crippen LogP contribution in [0.4, 0.5) is 0 Å². The van der Waals surface area contributed by atoms with Crippen molar-refractivity contribution in [3.05, 3.63) is 101 Å². The molecule has 5 nitrogen and oxygen atoms in total. The second-order valence-corrected chi connectivity index (χ2v) is 7.82. The minimum atomic E-state index is -4.75. The van der Waals surface area contributed by atoms with Crippen LogP contribution < -0.4 is 43.5 Å². The molecule has 1 unspecified atom stereocenters. The van der Waals surface area contributed by atoms with Gasteiger partial charge in [0, 0.05) is 0 Å². The quantitative estimate of drug-likeness (QED) is 0.249. The topological polar surface area (TPSA) is 75.7 Å². The Hall–Kier alpha value is -2.14. The maximum Gasteiger partial charge on any atom is 1.00 e. The van der Waals surface area contributed by atoms with Crippen molar-refractivity contribution >= 4 is 19.7 Å². The van der Waals surface area contributed by atoms with E-state index in [2.05, 4.69) is 0 Å². The van der Waals surface area contributed by atoms with E-state index in [1.54, 1.807) is 30.3 Å². The Bertz CT molecular complexity index is 1080. The molecule has 3 aromatic carbocycles. The van der Waals surface area contributed by atoms with Gasteiger partial charge in [-0.15, -0.1) is 0 Å². The number of carbonyl (C=O) groups excluding carboxylic acids is 1. The number of allylic oxidation sites excluding steroid dienone is 1. The number of phosphoric ester groups is 1. The number of rotatable bonds is 7. The van der Waals surface area contributed by atoms with E-state index in [-0.39, 0.29) is 52.4 Å². The standard InChI is InChI=1S/C23H21O5P.Na/c1-17-14-18(2)16-20(15-17)27-29(25,26)28-23-11-7-6-10-21(23)22(24)13-12-19-8-4-3-5-9-19;/h3-16H,1-2H3,(H,25,26);/q;+1/p-1. The molecule has 0 aromatic heterocycles. The van der Waals surface area contributed by atoms with Crippen LogP contribution in [0.5, 0.6) is 11.5 Å². The van der Waals surface area contributed by atoms with Crippen molar-refractivity contribution in [3.8, 4) is 11.5 Å². The summed E-state index contributed by atoms with van der Waals surface area (Å²) in [6, 6.07) is 20.6. The van der Waals surface area contributed by atoms with Crippen LogP contribution in [0.15, 0.2) is 78.9 Å². The van der Waals surface area contributed by atoms with Crippen LogP contribution in [-0.2, 0) is 4.57 Å². The van der Waals surface area contributed by atoms with Gasteiger partial charge in [0.2, 0.25) is 0 Å². The molecule has 0 spiro atoms. The first-order valence-electron chi connectivity index (χ1n) is 8.97. The maximum atomic E-state index is 12.6. The number of benzene rings is 3. The third-order valence-electron chi connectivity index (χ3n) is 4.00. The second kappa shape index (κ2) is 10.8. The summed E-state index contributed by atoms with van der Waals surface area (Å²) in [5.41, 5.74) is 2.70. The van der Waals surface area contributed by atoms with E-state index in [1.807, 2.05) is 50.2 Å². The van der Waals surface area contributed by atoms with Gasteiger partial charge in [0.15, 0.2) is 5.78 Å². The average molecular weight is 430 g/mol. The molecule has 0 aliphatic heterocycles. The molecule has 0 aliphatic rings. The molecular weight excluding hydrogens is 410 g/mol. The minimum absolute atomic E-state index is 0. The molecule has 0 heterocycles. The van der Waals surface area contributed by atoms with Crippen molar-refractivity contribution in [1.29, 1.82) is 0 Å². The van der Waals surface area contributed by atoms with Crippen molar-refractivity contribution in [3.63, 3.8) is 0 Å². The fraction of sp³-hybridized carbons (Fsp3) is 0.0870. The number of phosphoric acid groups is 1. The van der Waals surface area contributed by atoms with Crippen molar-refractivity contribution in [1.82, 2.24) is 0 Å². The van der Waals surface area contributed by atoms with Gasteiger partial charge in [0.25, 0.3) is 0 Å². The van der Waals surface area contributed by atoms with Crippen LogP contribution in [0.3, 0.4) is 0 Å². The molecule has 30 heavy (non-hydrogen) atoms. The van der Waals surface area contributed by atoms with Crippen LogP contribution in [0.2, 0.25) is 0 Å². The van der Waals surface area contributed by atoms with Gasteiger partial charge in [0.05, 0.1) is 5.56 Å². The molecule has 0 amide bonds. The molecule has 0 radical (unpaired) electrons. The zero-order valence-electron chi connectivity index (χ0n) is 17.1. The van der Waals surface area contributed by atoms with Crippen LogP contribution >= 0.6 is 7.82 Å². The molecule has 0 N–H and O–H groups in total. The molecule has 0 saturated carbocycles. The molecule has 7 heteroatoms. The van der Waals surface area contributed by atoms with Gasteiger partial charge in [-0.25, -0.2) is 4.57 Å². The summed E-state index contributed by atoms with van der Waals surface area (Å²) in [6.07, 6.45) is 3.03. The molecular formula is C23H20NaO5P. The molecule has 3 rings (SSSR count). The van der Waals surface area contributed by atoms with Gasteiger partial charge >= 0.3 is 37.4 Å². The molecule has 3 aromatic rings. The number of hydrogen-bond acceptors (Lipinski definition) is 5. The van der Waals surface area contributed by atoms with Crippen molar-refractivity contribution < 1.29 is 52.9 Å². The Morgan fingerprint density at radius 2 is 1.50 bits per heavy atom. The Morgan fingerprint density at radius 1 is 0.900 bits per heavy atom. The number of aryl methyl sites for hydroxylation is 2. The van der Waals surface area contributed by atoms with E-state index in [0.29, 0.717) is 0 Å². The summed E-state index contributed by atoms with van der Waals surface area (Å²) in [4.78, 5) is 25.0. The van der Waals surface area contributed by atoms with Gasteiger partial charge in [0.1, 0.15) is 11.5 Å². The van der Waals surface area contributed by atoms with Gasteiger partial charge in [-0.2, -0.15) is 0 Å². The van der Waals surface area contributed by atoms with E-state index in [4.69, 9.17) is 9.05 Å². The average Bonchev–Trinajstić information content (AvgIpc) is 2.66. The summed E-state index contributed by atoms with van der Waals surface area (Å²) in [7, 11) is -4.75. The van der Waals surface area contributed by atoms with Crippen molar-refractivity contribution in [2.24, 2.45) is 0 Å². The fourth-order valence-corrected chi connectivity index (χ4v) is 3.63. The molecule has 0 fully saturated rings. The molecule has 0 bridgehead atoms. The van der Waals surface area contributed by atoms with Crippen LogP contribution in [0.25, 0.3) is 6.08 Å². The second-order valence-electron chi connectivity index (χ2n) is 6.56. The third-order valence-corrected chi connectivity index (χ3v) is 4.86. The Morgan fingerprint density at radius 3 is 2.17 bits per heavy atom. The Labute approximate surface area is 198 Å². The Balaban J connectivity index is 0.00000320. The normalized spacial score (nSPS) is 12.6. The minimum Gasteiger partial charge on any atom is -0.736 e. The van der Waals surface area contributed by atoms with Gasteiger partial charge in [-0.3, -0.25) is 4.79 Å². The summed E-state index contributed by atoms with van der Waals surface area (Å²) >= 11 is 0. The number of para-hydroxylation sites is 1. The molecule has 0 aliphatic carbocycles. The predicted octanol–water partition coefficient (Wildman–Crippen LogP) is 2.13. The smallest absolute Gasteiger partial charge is 0.736 e. The number of hydrogen-bond donors (Lipinski definition) is 0. The third kappa shape index (κ3) is 6.98. The van der Waals surface area contributed by atoms with Crippen LogP contribution in [-0.4, -0.2) is 5.78 Å². The van der Waals surface area contributed by atoms with Gasteiger partial charge < -0.3 is 13.9 Å². The summed E-state index contributed by atoms with van der Waals surface area (Å²) in [5.74, 6) is -0.303. The summed E-state index contributed by atoms with van der Waals surface area (Å²) < 4.78 is 22.6.